The van der Waals surface area contributed by atoms with E-state index >= 15 is 0 Å². The van der Waals surface area contributed by atoms with Gasteiger partial charge in [-0.15, -0.1) is 0 Å². The Hall–Kier alpha value is -4.86. The zero-order valence-electron chi connectivity index (χ0n) is 23.4. The van der Waals surface area contributed by atoms with Crippen LogP contribution >= 0.6 is 11.6 Å². The molecular weight excluding hydrogens is 578 g/mol. The third kappa shape index (κ3) is 10.2. The van der Waals surface area contributed by atoms with Crippen LogP contribution in [-0.2, 0) is 41.8 Å². The maximum Gasteiger partial charge on any atom is 0.329 e. The van der Waals surface area contributed by atoms with Crippen LogP contribution < -0.4 is 10.2 Å². The molecule has 0 spiro atoms. The molecule has 0 bridgehead atoms. The number of nitrogens with zero attached hydrogens (tertiary/aromatic N) is 4. The highest BCUT2D eigenvalue weighted by Gasteiger charge is 2.30. The van der Waals surface area contributed by atoms with E-state index in [0.717, 1.165) is 5.56 Å². The van der Waals surface area contributed by atoms with Crippen LogP contribution in [-0.4, -0.2) is 66.9 Å². The van der Waals surface area contributed by atoms with Gasteiger partial charge in [0.2, 0.25) is 0 Å². The second kappa shape index (κ2) is 17.2. The molecule has 1 heterocycles. The predicted molar refractivity (Wildman–Crippen MR) is 155 cm³/mol. The van der Waals surface area contributed by atoms with Crippen molar-refractivity contribution >= 4 is 41.6 Å². The largest absolute Gasteiger partial charge is 0.461 e. The molecule has 0 saturated heterocycles. The monoisotopic (exact) mass is 607 g/mol. The van der Waals surface area contributed by atoms with E-state index in [1.165, 1.54) is 7.11 Å². The maximum absolute atomic E-state index is 13.4. The summed E-state index contributed by atoms with van der Waals surface area (Å²) in [5.41, 5.74) is 0.863. The van der Waals surface area contributed by atoms with Gasteiger partial charge in [0, 0.05) is 26.6 Å². The van der Waals surface area contributed by atoms with E-state index in [9.17, 15) is 24.4 Å². The predicted octanol–water partition coefficient (Wildman–Crippen LogP) is 3.02. The van der Waals surface area contributed by atoms with Gasteiger partial charge in [-0.1, -0.05) is 72.3 Å². The van der Waals surface area contributed by atoms with Crippen molar-refractivity contribution in [2.24, 2.45) is 0 Å². The van der Waals surface area contributed by atoms with Crippen molar-refractivity contribution in [3.05, 3.63) is 88.3 Å². The number of aromatic nitrogens is 2. The Labute approximate surface area is 253 Å². The molecule has 1 aromatic heterocycles. The summed E-state index contributed by atoms with van der Waals surface area (Å²) in [5, 5.41) is 11.7. The number of aldehydes is 1. The Morgan fingerprint density at radius 3 is 2.21 bits per heavy atom. The molecule has 3 aromatic rings. The molecule has 0 aliphatic rings. The Kier molecular flexibility index (Phi) is 13.0. The van der Waals surface area contributed by atoms with Gasteiger partial charge in [0.1, 0.15) is 31.6 Å². The number of esters is 2. The minimum absolute atomic E-state index is 0.00132. The Bertz CT molecular complexity index is 1430. The summed E-state index contributed by atoms with van der Waals surface area (Å²) in [4.78, 5) is 60.0. The van der Waals surface area contributed by atoms with E-state index < -0.39 is 41.2 Å². The lowest BCUT2D eigenvalue weighted by Crippen LogP contribution is -2.44. The molecule has 0 fully saturated rings. The van der Waals surface area contributed by atoms with E-state index in [0.29, 0.717) is 11.8 Å². The maximum atomic E-state index is 13.4. The molecule has 0 aliphatic heterocycles. The number of benzene rings is 2. The number of halogens is 1. The summed E-state index contributed by atoms with van der Waals surface area (Å²) in [6.45, 7) is 0.500. The first-order chi connectivity index (χ1) is 20.9. The normalized spacial score (nSPS) is 11.1. The first-order valence-corrected chi connectivity index (χ1v) is 13.6. The number of hydrogen-bond acceptors (Lipinski definition) is 11. The quantitative estimate of drug-likeness (QED) is 0.188. The molecule has 3 rings (SSSR count). The molecule has 0 radical (unpaired) electrons. The zero-order valence-corrected chi connectivity index (χ0v) is 24.2. The molecule has 43 heavy (non-hydrogen) atoms. The molecule has 1 amide bonds. The lowest BCUT2D eigenvalue weighted by Gasteiger charge is -2.24. The van der Waals surface area contributed by atoms with Gasteiger partial charge in [-0.3, -0.25) is 9.59 Å². The van der Waals surface area contributed by atoms with Gasteiger partial charge in [-0.2, -0.15) is 5.26 Å². The topological polar surface area (TPSA) is 161 Å². The Morgan fingerprint density at radius 1 is 1.00 bits per heavy atom. The highest BCUT2D eigenvalue weighted by molar-refractivity contribution is 6.32. The summed E-state index contributed by atoms with van der Waals surface area (Å²) in [6, 6.07) is 18.2. The minimum Gasteiger partial charge on any atom is -0.461 e. The van der Waals surface area contributed by atoms with Crippen LogP contribution in [0.4, 0.5) is 5.82 Å². The van der Waals surface area contributed by atoms with E-state index in [2.05, 4.69) is 15.3 Å². The number of nitrogens with one attached hydrogen (secondary N) is 1. The smallest absolute Gasteiger partial charge is 0.329 e. The number of amides is 1. The van der Waals surface area contributed by atoms with Crippen molar-refractivity contribution in [2.75, 3.05) is 31.7 Å². The Balaban J connectivity index is 1.84. The second-order valence-electron chi connectivity index (χ2n) is 9.05. The van der Waals surface area contributed by atoms with Crippen LogP contribution in [0.3, 0.4) is 0 Å². The molecule has 0 aliphatic carbocycles. The first-order valence-electron chi connectivity index (χ1n) is 13.2. The number of nitriles is 1. The van der Waals surface area contributed by atoms with Crippen molar-refractivity contribution in [1.29, 1.82) is 5.26 Å². The molecular formula is C30H30ClN5O7. The summed E-state index contributed by atoms with van der Waals surface area (Å²) in [7, 11) is 1.48. The molecule has 12 nitrogen and oxygen atoms in total. The van der Waals surface area contributed by atoms with Crippen molar-refractivity contribution in [1.82, 2.24) is 15.3 Å². The third-order valence-electron chi connectivity index (χ3n) is 5.96. The first kappa shape index (κ1) is 32.7. The van der Waals surface area contributed by atoms with Gasteiger partial charge in [-0.05, 0) is 11.1 Å². The fourth-order valence-corrected chi connectivity index (χ4v) is 4.01. The van der Waals surface area contributed by atoms with E-state index in [4.69, 9.17) is 25.8 Å². The lowest BCUT2D eigenvalue weighted by atomic mass is 10.2. The Morgan fingerprint density at radius 2 is 1.63 bits per heavy atom. The SMILES string of the molecule is COCCN(CCC=O)c1nc(C(=O)NC(CC(=O)OCc2ccccc2)C(=O)OCc2ccccc2)c(Cl)nc1C#N. The average molecular weight is 608 g/mol. The van der Waals surface area contributed by atoms with Gasteiger partial charge in [0.15, 0.2) is 22.4 Å². The highest BCUT2D eigenvalue weighted by Crippen LogP contribution is 2.22. The molecule has 1 atom stereocenters. The zero-order chi connectivity index (χ0) is 31.0. The number of ether oxygens (including phenoxy) is 3. The van der Waals surface area contributed by atoms with E-state index in [1.807, 2.05) is 18.2 Å². The van der Waals surface area contributed by atoms with Crippen LogP contribution in [0.1, 0.15) is 40.2 Å². The van der Waals surface area contributed by atoms with Gasteiger partial charge < -0.3 is 29.2 Å². The van der Waals surface area contributed by atoms with Crippen molar-refractivity contribution < 1.29 is 33.4 Å². The van der Waals surface area contributed by atoms with Gasteiger partial charge >= 0.3 is 11.9 Å². The minimum atomic E-state index is -1.46. The summed E-state index contributed by atoms with van der Waals surface area (Å²) in [6.07, 6.45) is 0.270. The number of anilines is 1. The van der Waals surface area contributed by atoms with Gasteiger partial charge in [0.05, 0.1) is 13.0 Å². The number of carbonyl (C=O) groups excluding carboxylic acids is 4. The lowest BCUT2D eigenvalue weighted by molar-refractivity contribution is -0.153. The van der Waals surface area contributed by atoms with Crippen LogP contribution in [0.25, 0.3) is 0 Å². The summed E-state index contributed by atoms with van der Waals surface area (Å²) in [5.74, 6) is -2.59. The summed E-state index contributed by atoms with van der Waals surface area (Å²) < 4.78 is 15.8. The third-order valence-corrected chi connectivity index (χ3v) is 6.23. The van der Waals surface area contributed by atoms with Gasteiger partial charge in [-0.25, -0.2) is 14.8 Å². The van der Waals surface area contributed by atoms with Crippen molar-refractivity contribution in [3.63, 3.8) is 0 Å². The number of hydrogen-bond donors (Lipinski definition) is 1. The van der Waals surface area contributed by atoms with Crippen molar-refractivity contribution in [2.45, 2.75) is 32.1 Å². The highest BCUT2D eigenvalue weighted by atomic mass is 35.5. The standard InChI is InChI=1S/C30H30ClN5O7/c1-41-16-14-36(13-8-15-37)28-24(18-32)33-27(31)26(35-28)29(39)34-23(30(40)43-20-22-11-6-3-7-12-22)17-25(38)42-19-21-9-4-2-5-10-21/h2-7,9-12,15,23H,8,13-14,16-17,19-20H2,1H3,(H,34,39). The number of carbonyl (C=O) groups is 4. The molecule has 1 N–H and O–H groups in total. The second-order valence-corrected chi connectivity index (χ2v) is 9.41. The van der Waals surface area contributed by atoms with Crippen LogP contribution in [0.5, 0.6) is 0 Å². The molecule has 224 valence electrons. The average Bonchev–Trinajstić information content (AvgIpc) is 3.03. The van der Waals surface area contributed by atoms with Crippen molar-refractivity contribution in [3.8, 4) is 6.07 Å². The fraction of sp³-hybridized carbons (Fsp3) is 0.300. The number of methoxy groups -OCH3 is 1. The number of rotatable bonds is 16. The molecule has 2 aromatic carbocycles. The van der Waals surface area contributed by atoms with Crippen LogP contribution in [0, 0.1) is 11.3 Å². The summed E-state index contributed by atoms with van der Waals surface area (Å²) >= 11 is 6.22. The fourth-order valence-electron chi connectivity index (χ4n) is 3.79. The van der Waals surface area contributed by atoms with Crippen LogP contribution in [0.15, 0.2) is 60.7 Å². The molecule has 0 saturated carbocycles. The van der Waals surface area contributed by atoms with Gasteiger partial charge in [0.25, 0.3) is 5.91 Å². The van der Waals surface area contributed by atoms with E-state index in [1.54, 1.807) is 53.4 Å². The van der Waals surface area contributed by atoms with Crippen LogP contribution in [0.2, 0.25) is 5.15 Å². The molecule has 13 heteroatoms. The van der Waals surface area contributed by atoms with E-state index in [-0.39, 0.29) is 50.8 Å². The molecule has 1 unspecified atom stereocenters.